The smallest absolute Gasteiger partial charge is 0.232 e. The minimum Gasteiger partial charge on any atom is -0.475 e. The highest BCUT2D eigenvalue weighted by atomic mass is 16.5. The number of rotatable bonds is 9. The molecule has 0 unspecified atom stereocenters. The highest BCUT2D eigenvalue weighted by Crippen LogP contribution is 2.26. The molecular weight excluding hydrogens is 456 g/mol. The fourth-order valence-electron chi connectivity index (χ4n) is 3.97. The van der Waals surface area contributed by atoms with Gasteiger partial charge in [-0.05, 0) is 45.7 Å². The van der Waals surface area contributed by atoms with Crippen LogP contribution in [0.5, 0.6) is 5.88 Å². The lowest BCUT2D eigenvalue weighted by molar-refractivity contribution is -0.0167. The molecule has 0 saturated carbocycles. The molecule has 1 fully saturated rings. The van der Waals surface area contributed by atoms with Crippen molar-refractivity contribution in [2.45, 2.75) is 39.2 Å². The van der Waals surface area contributed by atoms with Crippen molar-refractivity contribution in [1.29, 1.82) is 0 Å². The molecule has 0 aromatic carbocycles. The van der Waals surface area contributed by atoms with Crippen LogP contribution in [0.4, 0.5) is 29.1 Å². The van der Waals surface area contributed by atoms with Crippen molar-refractivity contribution in [2.75, 3.05) is 41.8 Å². The minimum atomic E-state index is -0.200. The van der Waals surface area contributed by atoms with Gasteiger partial charge < -0.3 is 29.4 Å². The zero-order valence-corrected chi connectivity index (χ0v) is 20.9. The van der Waals surface area contributed by atoms with Crippen LogP contribution in [0.3, 0.4) is 0 Å². The van der Waals surface area contributed by atoms with Crippen LogP contribution >= 0.6 is 0 Å². The molecule has 0 atom stereocenters. The fourth-order valence-corrected chi connectivity index (χ4v) is 3.97. The number of hydrogen-bond donors (Lipinski definition) is 2. The first-order valence-corrected chi connectivity index (χ1v) is 12.3. The Kier molecular flexibility index (Phi) is 6.86. The molecule has 0 spiro atoms. The molecule has 1 aliphatic rings. The molecule has 2 N–H and O–H groups in total. The molecule has 0 bridgehead atoms. The highest BCUT2D eigenvalue weighted by Gasteiger charge is 2.17. The van der Waals surface area contributed by atoms with E-state index in [4.69, 9.17) is 19.4 Å². The zero-order chi connectivity index (χ0) is 25.0. The van der Waals surface area contributed by atoms with Gasteiger partial charge in [-0.15, -0.1) is 0 Å². The SMILES string of the molecule is CC(C)(C)OCCOc1cccc(Nc2nc(Nc3ccn4ccnc4c3)cc(N3CCCC3)n2)n1. The van der Waals surface area contributed by atoms with Gasteiger partial charge >= 0.3 is 0 Å². The maximum atomic E-state index is 5.77. The molecular formula is C26H32N8O2. The van der Waals surface area contributed by atoms with Gasteiger partial charge in [0, 0.05) is 55.6 Å². The predicted octanol–water partition coefficient (Wildman–Crippen LogP) is 4.80. The summed E-state index contributed by atoms with van der Waals surface area (Å²) in [6.45, 7) is 8.93. The second-order valence-electron chi connectivity index (χ2n) is 9.66. The number of nitrogens with one attached hydrogen (secondary N) is 2. The van der Waals surface area contributed by atoms with E-state index in [1.54, 1.807) is 6.20 Å². The molecule has 1 saturated heterocycles. The number of anilines is 5. The van der Waals surface area contributed by atoms with Gasteiger partial charge in [-0.1, -0.05) is 6.07 Å². The van der Waals surface area contributed by atoms with Crippen LogP contribution in [0.2, 0.25) is 0 Å². The zero-order valence-electron chi connectivity index (χ0n) is 20.9. The molecule has 5 rings (SSSR count). The van der Waals surface area contributed by atoms with E-state index in [-0.39, 0.29) is 5.60 Å². The topological polar surface area (TPSA) is 102 Å². The van der Waals surface area contributed by atoms with E-state index in [0.29, 0.717) is 36.7 Å². The van der Waals surface area contributed by atoms with Gasteiger partial charge in [0.15, 0.2) is 0 Å². The monoisotopic (exact) mass is 488 g/mol. The third-order valence-electron chi connectivity index (χ3n) is 5.64. The summed E-state index contributed by atoms with van der Waals surface area (Å²) in [6, 6.07) is 11.5. The van der Waals surface area contributed by atoms with Crippen molar-refractivity contribution < 1.29 is 9.47 Å². The van der Waals surface area contributed by atoms with Crippen LogP contribution < -0.4 is 20.3 Å². The van der Waals surface area contributed by atoms with Crippen LogP contribution in [0.25, 0.3) is 5.65 Å². The Balaban J connectivity index is 1.33. The Hall–Kier alpha value is -3.92. The molecule has 36 heavy (non-hydrogen) atoms. The Morgan fingerprint density at radius 3 is 2.61 bits per heavy atom. The highest BCUT2D eigenvalue weighted by molar-refractivity contribution is 5.65. The lowest BCUT2D eigenvalue weighted by Crippen LogP contribution is -2.22. The summed E-state index contributed by atoms with van der Waals surface area (Å²) in [5, 5.41) is 6.65. The van der Waals surface area contributed by atoms with Gasteiger partial charge in [-0.2, -0.15) is 15.0 Å². The number of pyridine rings is 2. The Morgan fingerprint density at radius 2 is 1.78 bits per heavy atom. The van der Waals surface area contributed by atoms with Gasteiger partial charge in [0.25, 0.3) is 0 Å². The maximum Gasteiger partial charge on any atom is 0.232 e. The van der Waals surface area contributed by atoms with Crippen molar-refractivity contribution in [1.82, 2.24) is 24.3 Å². The van der Waals surface area contributed by atoms with Crippen LogP contribution in [0.15, 0.2) is 55.0 Å². The second kappa shape index (κ2) is 10.4. The van der Waals surface area contributed by atoms with E-state index >= 15 is 0 Å². The van der Waals surface area contributed by atoms with Gasteiger partial charge in [0.1, 0.15) is 29.7 Å². The number of imidazole rings is 1. The van der Waals surface area contributed by atoms with E-state index < -0.39 is 0 Å². The van der Waals surface area contributed by atoms with Crippen molar-refractivity contribution in [3.05, 3.63) is 55.0 Å². The molecule has 1 aliphatic heterocycles. The van der Waals surface area contributed by atoms with E-state index in [9.17, 15) is 0 Å². The first-order chi connectivity index (χ1) is 17.4. The van der Waals surface area contributed by atoms with E-state index in [2.05, 4.69) is 25.5 Å². The molecule has 10 nitrogen and oxygen atoms in total. The van der Waals surface area contributed by atoms with E-state index in [1.165, 1.54) is 0 Å². The average Bonchev–Trinajstić information content (AvgIpc) is 3.53. The van der Waals surface area contributed by atoms with Gasteiger partial charge in [-0.3, -0.25) is 0 Å². The largest absolute Gasteiger partial charge is 0.475 e. The second-order valence-corrected chi connectivity index (χ2v) is 9.66. The summed E-state index contributed by atoms with van der Waals surface area (Å²) in [5.41, 5.74) is 1.56. The summed E-state index contributed by atoms with van der Waals surface area (Å²) in [5.74, 6) is 3.15. The summed E-state index contributed by atoms with van der Waals surface area (Å²) in [4.78, 5) is 20.7. The summed E-state index contributed by atoms with van der Waals surface area (Å²) in [7, 11) is 0. The number of hydrogen-bond acceptors (Lipinski definition) is 9. The molecule has 4 aromatic rings. The standard InChI is InChI=1S/C26H32N8O2/c1-26(2,3)36-16-15-35-24-8-6-7-20(29-24)30-25-31-21(18-23(32-25)33-11-4-5-12-33)28-19-9-13-34-14-10-27-22(34)17-19/h6-10,13-14,17-18H,4-5,11-12,15-16H2,1-3H3,(H2,28,29,30,31,32). The van der Waals surface area contributed by atoms with E-state index in [1.807, 2.05) is 74.0 Å². The van der Waals surface area contributed by atoms with Gasteiger partial charge in [-0.25, -0.2) is 4.98 Å². The third-order valence-corrected chi connectivity index (χ3v) is 5.64. The number of nitrogens with zero attached hydrogens (tertiary/aromatic N) is 6. The Labute approximate surface area is 210 Å². The molecule has 0 radical (unpaired) electrons. The summed E-state index contributed by atoms with van der Waals surface area (Å²) in [6.07, 6.45) is 7.98. The predicted molar refractivity (Wildman–Crippen MR) is 141 cm³/mol. The quantitative estimate of drug-likeness (QED) is 0.322. The van der Waals surface area contributed by atoms with Crippen molar-refractivity contribution in [3.63, 3.8) is 0 Å². The van der Waals surface area contributed by atoms with E-state index in [0.717, 1.165) is 43.1 Å². The molecule has 5 heterocycles. The van der Waals surface area contributed by atoms with Crippen molar-refractivity contribution in [2.24, 2.45) is 0 Å². The number of fused-ring (bicyclic) bond motifs is 1. The molecule has 188 valence electrons. The maximum absolute atomic E-state index is 5.77. The van der Waals surface area contributed by atoms with Gasteiger partial charge in [0.05, 0.1) is 12.2 Å². The lowest BCUT2D eigenvalue weighted by Gasteiger charge is -2.19. The van der Waals surface area contributed by atoms with Gasteiger partial charge in [0.2, 0.25) is 11.8 Å². The van der Waals surface area contributed by atoms with Crippen LogP contribution in [-0.4, -0.2) is 56.2 Å². The Morgan fingerprint density at radius 1 is 0.917 bits per heavy atom. The summed E-state index contributed by atoms with van der Waals surface area (Å²) >= 11 is 0. The first kappa shape index (κ1) is 23.8. The van der Waals surface area contributed by atoms with Crippen LogP contribution in [-0.2, 0) is 4.74 Å². The third kappa shape index (κ3) is 6.19. The fraction of sp³-hybridized carbons (Fsp3) is 0.385. The first-order valence-electron chi connectivity index (χ1n) is 12.3. The van der Waals surface area contributed by atoms with Crippen LogP contribution in [0.1, 0.15) is 33.6 Å². The van der Waals surface area contributed by atoms with Crippen LogP contribution in [0, 0.1) is 0 Å². The normalized spacial score (nSPS) is 13.8. The molecule has 0 amide bonds. The minimum absolute atomic E-state index is 0.200. The summed E-state index contributed by atoms with van der Waals surface area (Å²) < 4.78 is 13.4. The number of aromatic nitrogens is 5. The van der Waals surface area contributed by atoms with Crippen molar-refractivity contribution >= 4 is 34.7 Å². The lowest BCUT2D eigenvalue weighted by atomic mass is 10.2. The number of ether oxygens (including phenoxy) is 2. The van der Waals surface area contributed by atoms with Crippen molar-refractivity contribution in [3.8, 4) is 5.88 Å². The molecule has 4 aromatic heterocycles. The Bertz CT molecular complexity index is 1310. The molecule has 10 heteroatoms. The average molecular weight is 489 g/mol. The molecule has 0 aliphatic carbocycles.